The number of fused-ring (bicyclic) bond motifs is 4. The van der Waals surface area contributed by atoms with Crippen molar-refractivity contribution in [2.45, 2.75) is 195 Å². The number of carbonyl (C=O) groups is 4. The quantitative estimate of drug-likeness (QED) is 0.0417. The van der Waals surface area contributed by atoms with Crippen LogP contribution in [0.3, 0.4) is 0 Å². The fourth-order valence-corrected chi connectivity index (χ4v) is 12.4. The number of aromatic nitrogens is 12. The van der Waals surface area contributed by atoms with Gasteiger partial charge in [0, 0.05) is 96.0 Å². The van der Waals surface area contributed by atoms with Gasteiger partial charge in [0.05, 0.1) is 47.6 Å². The van der Waals surface area contributed by atoms with E-state index in [1.807, 2.05) is 97.8 Å². The van der Waals surface area contributed by atoms with E-state index in [9.17, 15) is 19.2 Å². The van der Waals surface area contributed by atoms with E-state index in [2.05, 4.69) is 61.1 Å². The lowest BCUT2D eigenvalue weighted by molar-refractivity contribution is 0.0966. The zero-order valence-electron chi connectivity index (χ0n) is 59.5. The second-order valence-electron chi connectivity index (χ2n) is 23.9. The Bertz CT molecular complexity index is 4640. The average Bonchev–Trinajstić information content (AvgIpc) is 1.63. The third kappa shape index (κ3) is 18.0. The van der Waals surface area contributed by atoms with Crippen LogP contribution in [0.15, 0.2) is 141 Å². The number of hydrogen-bond acceptors (Lipinski definition) is 20. The van der Waals surface area contributed by atoms with Crippen molar-refractivity contribution >= 4 is 69.5 Å². The fourth-order valence-electron chi connectivity index (χ4n) is 12.4. The Kier molecular flexibility index (Phi) is 26.9. The number of nitrogens with zero attached hydrogens (tertiary/aromatic N) is 12. The number of imidazole rings is 4. The molecule has 0 atom stereocenters. The standard InChI is InChI=1S/C18H21N5O2.C17H19N5O2.C16H17N5O2.C15H15N5O2.4C2H6/c19-16(24)15-9-12(11-25-15)14-10-21-17(18-20-7-8-23(14)18)22-13-5-3-1-2-4-6-13;18-15(23)14-8-11(10-24-14)13-9-20-16(17-19-6-7-22(13)17)21-12-4-2-1-3-5-12;17-14(22)13-7-10(9-23-13)12-8-19-15(16-18-5-6-21(12)16)20-11-3-1-2-4-11;16-13(21)12-6-9(8-22-12)11-7-18-14(19-10-2-1-3-10)15-17-4-5-20(11)15;4*1-2/h7-11,13H,1-6H2,(H2,19,24)(H,21,22);6-10,12H,1-5H2,(H2,18,23)(H,20,21);5-9,11H,1-4H2,(H2,17,22)(H,19,20);4-8,10H,1-3H2,(H2,16,21)(H,18,19);4*1-2H3. The summed E-state index contributed by atoms with van der Waals surface area (Å²) in [6.07, 6.45) is 49.5. The Balaban J connectivity index is 0.000000153. The molecule has 540 valence electrons. The molecule has 0 saturated heterocycles. The first-order chi connectivity index (χ1) is 49.9. The van der Waals surface area contributed by atoms with E-state index in [0.717, 1.165) is 90.9 Å². The molecule has 0 radical (unpaired) electrons. The summed E-state index contributed by atoms with van der Waals surface area (Å²) in [6.45, 7) is 16.0. The normalized spacial score (nSPS) is 14.5. The summed E-state index contributed by atoms with van der Waals surface area (Å²) >= 11 is 0. The van der Waals surface area contributed by atoms with Crippen molar-refractivity contribution in [3.63, 3.8) is 0 Å². The molecular formula is C74H96N20O8. The van der Waals surface area contributed by atoms with Gasteiger partial charge in [-0.05, 0) is 82.1 Å². The van der Waals surface area contributed by atoms with Crippen LogP contribution in [0.1, 0.15) is 213 Å². The summed E-state index contributed by atoms with van der Waals surface area (Å²) in [6, 6.07) is 8.30. The maximum atomic E-state index is 11.2. The van der Waals surface area contributed by atoms with Gasteiger partial charge in [0.2, 0.25) is 0 Å². The molecule has 0 bridgehead atoms. The first-order valence-electron chi connectivity index (χ1n) is 35.8. The summed E-state index contributed by atoms with van der Waals surface area (Å²) in [5, 5.41) is 14.0. The van der Waals surface area contributed by atoms with Gasteiger partial charge in [-0.3, -0.25) is 36.8 Å². The van der Waals surface area contributed by atoms with Gasteiger partial charge < -0.3 is 61.9 Å². The van der Waals surface area contributed by atoms with E-state index in [1.165, 1.54) is 141 Å². The van der Waals surface area contributed by atoms with Crippen LogP contribution < -0.4 is 44.2 Å². The van der Waals surface area contributed by atoms with Crippen LogP contribution in [0.4, 0.5) is 23.3 Å². The molecule has 12 aromatic rings. The molecule has 0 aromatic carbocycles. The molecule has 4 saturated carbocycles. The molecule has 12 heterocycles. The number of carbonyl (C=O) groups excluding carboxylic acids is 4. The molecule has 16 rings (SSSR count). The molecule has 12 N–H and O–H groups in total. The van der Waals surface area contributed by atoms with Crippen molar-refractivity contribution in [3.8, 4) is 45.0 Å². The van der Waals surface area contributed by atoms with Gasteiger partial charge in [-0.15, -0.1) is 0 Å². The van der Waals surface area contributed by atoms with E-state index in [0.29, 0.717) is 24.2 Å². The maximum Gasteiger partial charge on any atom is 0.284 e. The predicted molar refractivity (Wildman–Crippen MR) is 395 cm³/mol. The average molecular weight is 1390 g/mol. The van der Waals surface area contributed by atoms with Crippen LogP contribution >= 0.6 is 0 Å². The van der Waals surface area contributed by atoms with Crippen molar-refractivity contribution < 1.29 is 36.8 Å². The number of hydrogen-bond donors (Lipinski definition) is 8. The smallest absolute Gasteiger partial charge is 0.284 e. The molecule has 0 aliphatic heterocycles. The van der Waals surface area contributed by atoms with Gasteiger partial charge >= 0.3 is 0 Å². The number of anilines is 4. The highest BCUT2D eigenvalue weighted by molar-refractivity contribution is 5.93. The fraction of sp³-hybridized carbons (Fsp3) is 0.405. The number of rotatable bonds is 16. The summed E-state index contributed by atoms with van der Waals surface area (Å²) in [5.41, 5.74) is 30.2. The topological polar surface area (TPSA) is 394 Å². The Morgan fingerprint density at radius 1 is 0.324 bits per heavy atom. The highest BCUT2D eigenvalue weighted by Crippen LogP contribution is 2.33. The van der Waals surface area contributed by atoms with E-state index in [1.54, 1.807) is 73.8 Å². The van der Waals surface area contributed by atoms with E-state index < -0.39 is 23.6 Å². The van der Waals surface area contributed by atoms with Crippen LogP contribution in [0, 0.1) is 0 Å². The van der Waals surface area contributed by atoms with Crippen molar-refractivity contribution in [2.24, 2.45) is 22.9 Å². The SMILES string of the molecule is CC.CC.CC.CC.NC(=O)c1cc(-c2cnc(NC3CCC3)c3nccn23)co1.NC(=O)c1cc(-c2cnc(NC3CCCC3)c3nccn23)co1.NC(=O)c1cc(-c2cnc(NC3CCCCC3)c3nccn23)co1.NC(=O)c1cc(-c2cnc(NC3CCCCCC3)c3nccn23)co1. The Morgan fingerprint density at radius 2 is 0.529 bits per heavy atom. The number of amides is 4. The molecule has 4 fully saturated rings. The van der Waals surface area contributed by atoms with Gasteiger partial charge in [-0.2, -0.15) is 0 Å². The van der Waals surface area contributed by atoms with Gasteiger partial charge in [0.25, 0.3) is 23.6 Å². The summed E-state index contributed by atoms with van der Waals surface area (Å²) < 4.78 is 28.5. The summed E-state index contributed by atoms with van der Waals surface area (Å²) in [5.74, 6) is 1.28. The first kappa shape index (κ1) is 74.9. The number of nitrogens with two attached hydrogens (primary N) is 4. The van der Waals surface area contributed by atoms with Crippen molar-refractivity contribution in [3.05, 3.63) is 147 Å². The molecular weight excluding hydrogens is 1300 g/mol. The van der Waals surface area contributed by atoms with Crippen molar-refractivity contribution in [1.82, 2.24) is 57.5 Å². The molecule has 4 amide bonds. The first-order valence-corrected chi connectivity index (χ1v) is 35.8. The van der Waals surface area contributed by atoms with Crippen LogP contribution in [0.2, 0.25) is 0 Å². The molecule has 0 unspecified atom stereocenters. The van der Waals surface area contributed by atoms with Crippen LogP contribution in [-0.2, 0) is 0 Å². The van der Waals surface area contributed by atoms with Gasteiger partial charge in [-0.1, -0.05) is 113 Å². The van der Waals surface area contributed by atoms with Gasteiger partial charge in [-0.25, -0.2) is 39.9 Å². The minimum absolute atomic E-state index is 0.125. The lowest BCUT2D eigenvalue weighted by atomic mass is 9.93. The lowest BCUT2D eigenvalue weighted by Gasteiger charge is -2.27. The highest BCUT2D eigenvalue weighted by atomic mass is 16.4. The maximum absolute atomic E-state index is 11.2. The minimum atomic E-state index is -0.593. The number of nitrogens with one attached hydrogen (secondary N) is 4. The van der Waals surface area contributed by atoms with Crippen molar-refractivity contribution in [1.29, 1.82) is 0 Å². The van der Waals surface area contributed by atoms with E-state index in [-0.39, 0.29) is 23.0 Å². The molecule has 4 aliphatic rings. The van der Waals surface area contributed by atoms with Crippen LogP contribution in [0.25, 0.3) is 67.6 Å². The molecule has 102 heavy (non-hydrogen) atoms. The Morgan fingerprint density at radius 3 is 0.725 bits per heavy atom. The third-order valence-corrected chi connectivity index (χ3v) is 17.5. The molecule has 28 nitrogen and oxygen atoms in total. The zero-order valence-corrected chi connectivity index (χ0v) is 59.5. The van der Waals surface area contributed by atoms with Gasteiger partial charge in [0.1, 0.15) is 25.1 Å². The molecule has 0 spiro atoms. The van der Waals surface area contributed by atoms with E-state index >= 15 is 0 Å². The van der Waals surface area contributed by atoms with Crippen LogP contribution in [-0.4, -0.2) is 105 Å². The highest BCUT2D eigenvalue weighted by Gasteiger charge is 2.24. The Labute approximate surface area is 592 Å². The lowest BCUT2D eigenvalue weighted by Crippen LogP contribution is -2.27. The minimum Gasteiger partial charge on any atom is -0.458 e. The zero-order chi connectivity index (χ0) is 72.7. The number of primary amides is 4. The molecule has 12 aromatic heterocycles. The van der Waals surface area contributed by atoms with Gasteiger partial charge in [0.15, 0.2) is 68.9 Å². The summed E-state index contributed by atoms with van der Waals surface area (Å²) in [4.78, 5) is 80.6. The third-order valence-electron chi connectivity index (χ3n) is 17.5. The predicted octanol–water partition coefficient (Wildman–Crippen LogP) is 14.7. The van der Waals surface area contributed by atoms with Crippen molar-refractivity contribution in [2.75, 3.05) is 21.3 Å². The van der Waals surface area contributed by atoms with E-state index in [4.69, 9.17) is 40.6 Å². The van der Waals surface area contributed by atoms with Crippen LogP contribution in [0.5, 0.6) is 0 Å². The number of furan rings is 4. The second-order valence-corrected chi connectivity index (χ2v) is 23.9. The summed E-state index contributed by atoms with van der Waals surface area (Å²) in [7, 11) is 0. The second kappa shape index (κ2) is 36.7. The largest absolute Gasteiger partial charge is 0.458 e. The Hall–Kier alpha value is -11.3. The monoisotopic (exact) mass is 1390 g/mol. The molecule has 28 heteroatoms. The molecule has 4 aliphatic carbocycles.